The summed E-state index contributed by atoms with van der Waals surface area (Å²) in [5.74, 6) is -4.74. The van der Waals surface area contributed by atoms with Gasteiger partial charge in [0.1, 0.15) is 0 Å². The van der Waals surface area contributed by atoms with E-state index in [2.05, 4.69) is 59.8 Å². The van der Waals surface area contributed by atoms with E-state index >= 15 is 0 Å². The van der Waals surface area contributed by atoms with E-state index in [-0.39, 0.29) is 98.6 Å². The number of thiol groups is 1. The van der Waals surface area contributed by atoms with Crippen molar-refractivity contribution in [3.8, 4) is 0 Å². The van der Waals surface area contributed by atoms with Crippen molar-refractivity contribution >= 4 is 59.9 Å². The lowest BCUT2D eigenvalue weighted by atomic mass is 9.93. The van der Waals surface area contributed by atoms with E-state index in [1.54, 1.807) is 13.1 Å². The molecule has 0 aromatic carbocycles. The first kappa shape index (κ1) is 60.2. The third-order valence-electron chi connectivity index (χ3n) is 11.0. The van der Waals surface area contributed by atoms with Gasteiger partial charge in [0.15, 0.2) is 0 Å². The molecule has 22 heteroatoms. The quantitative estimate of drug-likeness (QED) is 0.0319. The normalized spacial score (nSPS) is 15.0. The van der Waals surface area contributed by atoms with Gasteiger partial charge in [-0.15, -0.1) is 0 Å². The highest BCUT2D eigenvalue weighted by molar-refractivity contribution is 7.80. The average molecular weight is 968 g/mol. The molecule has 0 spiro atoms. The number of rotatable bonds is 35. The van der Waals surface area contributed by atoms with Gasteiger partial charge in [0.2, 0.25) is 41.4 Å². The Morgan fingerprint density at radius 2 is 1.27 bits per heavy atom. The number of aromatic nitrogens is 2. The molecule has 1 heterocycles. The molecule has 21 nitrogen and oxygen atoms in total. The van der Waals surface area contributed by atoms with Gasteiger partial charge in [0, 0.05) is 105 Å². The molecule has 0 saturated heterocycles. The van der Waals surface area contributed by atoms with Crippen molar-refractivity contribution in [2.24, 2.45) is 35.1 Å². The molecule has 7 amide bonds. The van der Waals surface area contributed by atoms with Crippen LogP contribution in [0.3, 0.4) is 0 Å². The Morgan fingerprint density at radius 3 is 1.81 bits per heavy atom. The van der Waals surface area contributed by atoms with E-state index in [4.69, 9.17) is 16.6 Å². The number of carbonyl (C=O) groups is 8. The van der Waals surface area contributed by atoms with Crippen molar-refractivity contribution < 1.29 is 48.6 Å². The Bertz CT molecular complexity index is 1680. The van der Waals surface area contributed by atoms with Gasteiger partial charge >= 0.3 is 5.97 Å². The van der Waals surface area contributed by atoms with Gasteiger partial charge in [-0.05, 0) is 50.5 Å². The molecule has 1 aromatic rings. The second kappa shape index (κ2) is 32.8. The number of unbranched alkanes of at least 4 members (excludes halogenated alkanes) is 1. The number of H-pyrrole nitrogens is 1. The molecule has 0 aliphatic rings. The number of aliphatic hydroxyl groups is 1. The van der Waals surface area contributed by atoms with E-state index in [1.165, 1.54) is 6.33 Å². The highest BCUT2D eigenvalue weighted by atomic mass is 32.1. The molecule has 1 rings (SSSR count). The summed E-state index contributed by atoms with van der Waals surface area (Å²) in [6.45, 7) is 12.9. The maximum Gasteiger partial charge on any atom is 0.305 e. The van der Waals surface area contributed by atoms with Crippen LogP contribution < -0.4 is 48.7 Å². The maximum atomic E-state index is 13.8. The van der Waals surface area contributed by atoms with Crippen LogP contribution in [0.5, 0.6) is 0 Å². The van der Waals surface area contributed by atoms with Gasteiger partial charge in [-0.2, -0.15) is 12.6 Å². The van der Waals surface area contributed by atoms with Crippen molar-refractivity contribution in [1.29, 1.82) is 0 Å². The first-order valence-corrected chi connectivity index (χ1v) is 24.1. The van der Waals surface area contributed by atoms with Crippen LogP contribution in [0.2, 0.25) is 0 Å². The number of carboxylic acids is 1. The zero-order chi connectivity index (χ0) is 50.6. The summed E-state index contributed by atoms with van der Waals surface area (Å²) in [4.78, 5) is 110. The second-order valence-corrected chi connectivity index (χ2v) is 19.0. The number of aliphatic hydroxyl groups excluding tert-OH is 1. The van der Waals surface area contributed by atoms with Crippen LogP contribution in [0, 0.1) is 23.7 Å². The topological polar surface area (TPSA) is 342 Å². The van der Waals surface area contributed by atoms with Crippen LogP contribution in [-0.2, 0) is 44.8 Å². The van der Waals surface area contributed by atoms with Crippen LogP contribution in [-0.4, -0.2) is 135 Å². The number of nitrogens with one attached hydrogen (secondary N) is 8. The molecule has 0 radical (unpaired) electrons. The van der Waals surface area contributed by atoms with Gasteiger partial charge in [0.25, 0.3) is 0 Å². The van der Waals surface area contributed by atoms with E-state index < -0.39 is 78.5 Å². The van der Waals surface area contributed by atoms with Crippen LogP contribution in [0.1, 0.15) is 125 Å². The summed E-state index contributed by atoms with van der Waals surface area (Å²) in [6.07, 6.45) is 4.94. The molecule has 1 aromatic heterocycles. The summed E-state index contributed by atoms with van der Waals surface area (Å²) in [6, 6.07) is -4.32. The fraction of sp³-hybridized carbons (Fsp3) is 0.756. The number of nitrogens with two attached hydrogens (primary N) is 2. The molecular formula is C45H81N11O10S. The Labute approximate surface area is 401 Å². The van der Waals surface area contributed by atoms with Crippen LogP contribution in [0.15, 0.2) is 12.5 Å². The van der Waals surface area contributed by atoms with Crippen LogP contribution in [0.25, 0.3) is 0 Å². The molecule has 8 atom stereocenters. The molecule has 0 unspecified atom stereocenters. The fourth-order valence-corrected chi connectivity index (χ4v) is 7.61. The smallest absolute Gasteiger partial charge is 0.305 e. The predicted molar refractivity (Wildman–Crippen MR) is 257 cm³/mol. The average Bonchev–Trinajstić information content (AvgIpc) is 3.72. The molecule has 14 N–H and O–H groups in total. The fourth-order valence-electron chi connectivity index (χ4n) is 7.39. The van der Waals surface area contributed by atoms with E-state index in [1.807, 2.05) is 41.5 Å². The highest BCUT2D eigenvalue weighted by Gasteiger charge is 2.29. The lowest BCUT2D eigenvalue weighted by Gasteiger charge is -2.27. The molecular weight excluding hydrogens is 887 g/mol. The van der Waals surface area contributed by atoms with Crippen molar-refractivity contribution in [2.75, 3.05) is 25.4 Å². The Morgan fingerprint density at radius 1 is 0.687 bits per heavy atom. The molecule has 382 valence electrons. The monoisotopic (exact) mass is 968 g/mol. The molecule has 0 bridgehead atoms. The summed E-state index contributed by atoms with van der Waals surface area (Å²) in [7, 11) is 0. The highest BCUT2D eigenvalue weighted by Crippen LogP contribution is 2.15. The molecule has 67 heavy (non-hydrogen) atoms. The third-order valence-corrected chi connectivity index (χ3v) is 11.4. The largest absolute Gasteiger partial charge is 0.481 e. The molecule has 0 saturated carbocycles. The van der Waals surface area contributed by atoms with E-state index in [9.17, 15) is 43.5 Å². The number of imidazole rings is 1. The predicted octanol–water partition coefficient (Wildman–Crippen LogP) is 0.165. The number of aromatic amines is 1. The Hall–Kier alpha value is -4.80. The minimum Gasteiger partial charge on any atom is -0.481 e. The summed E-state index contributed by atoms with van der Waals surface area (Å²) in [5.41, 5.74) is 12.7. The second-order valence-electron chi connectivity index (χ2n) is 18.7. The first-order valence-electron chi connectivity index (χ1n) is 23.5. The first-order chi connectivity index (χ1) is 31.5. The van der Waals surface area contributed by atoms with Gasteiger partial charge in [-0.1, -0.05) is 48.0 Å². The summed E-state index contributed by atoms with van der Waals surface area (Å²) < 4.78 is 0. The minimum atomic E-state index is -1.11. The van der Waals surface area contributed by atoms with Crippen molar-refractivity contribution in [2.45, 2.75) is 168 Å². The zero-order valence-corrected chi connectivity index (χ0v) is 41.4. The van der Waals surface area contributed by atoms with Gasteiger partial charge in [-0.3, -0.25) is 38.4 Å². The van der Waals surface area contributed by atoms with Crippen molar-refractivity contribution in [3.05, 3.63) is 18.2 Å². The molecule has 0 fully saturated rings. The van der Waals surface area contributed by atoms with Gasteiger partial charge < -0.3 is 63.9 Å². The minimum absolute atomic E-state index is 0.00849. The van der Waals surface area contributed by atoms with Crippen molar-refractivity contribution in [1.82, 2.24) is 47.2 Å². The molecule has 0 aliphatic heterocycles. The third kappa shape index (κ3) is 27.6. The summed E-state index contributed by atoms with van der Waals surface area (Å²) in [5, 5.41) is 38.6. The Kier molecular flexibility index (Phi) is 29.5. The number of aliphatic carboxylic acids is 1. The summed E-state index contributed by atoms with van der Waals surface area (Å²) >= 11 is 4.07. The van der Waals surface area contributed by atoms with Gasteiger partial charge in [0.05, 0.1) is 31.3 Å². The van der Waals surface area contributed by atoms with Gasteiger partial charge in [-0.25, -0.2) is 4.98 Å². The van der Waals surface area contributed by atoms with Crippen molar-refractivity contribution in [3.63, 3.8) is 0 Å². The number of nitrogens with zero attached hydrogens (tertiary/aromatic N) is 1. The zero-order valence-electron chi connectivity index (χ0n) is 40.5. The molecule has 0 aliphatic carbocycles. The lowest BCUT2D eigenvalue weighted by molar-refractivity contribution is -0.138. The van der Waals surface area contributed by atoms with E-state index in [0.717, 1.165) is 5.69 Å². The number of hydrogen-bond acceptors (Lipinski definition) is 13. The Balaban J connectivity index is 2.85. The number of carbonyl (C=O) groups excluding carboxylic acids is 7. The SMILES string of the molecule is CC(C)C[C@@H](CC(=O)N[C@@H](CO)CC(=O)N[C@@H](CS)CC(=O)O)NC(=O)C[C@H](CCCCN)NC(=O)[C@H](CNC(=O)C[C@@H](NC(=O)C[C@H](C)NC(=O)C[C@@H](N)Cc1cnc[nH]1)C(C)C)C(C)C. The standard InChI is InChI=1S/C45H81N11O10S/c1-26(2)12-32(17-42(62)53-34(23-57)18-43(63)54-35(24-67)19-44(64)65)52-41(61)16-31(10-8-9-11-46)55-45(66)36(27(3)4)22-49-38(58)20-37(28(5)6)56-39(59)13-29(7)51-40(60)15-30(47)14-33-21-48-25-50-33/h21,25-32,34-37,57,67H,8-20,22-24,46-47H2,1-7H3,(H,48,50)(H,49,58)(H,51,60)(H,52,61)(H,53,62)(H,54,63)(H,55,66)(H,56,59)(H,64,65)/t29-,30-,31-,32-,34+,35+,36+,37+/m0/s1. The number of hydrogen-bond donors (Lipinski definition) is 13. The maximum absolute atomic E-state index is 13.8. The van der Waals surface area contributed by atoms with Crippen LogP contribution >= 0.6 is 12.6 Å². The number of carboxylic acid groups (broad SMARTS) is 1. The lowest BCUT2D eigenvalue weighted by Crippen LogP contribution is -2.49. The van der Waals surface area contributed by atoms with E-state index in [0.29, 0.717) is 38.6 Å². The van der Waals surface area contributed by atoms with Crippen LogP contribution in [0.4, 0.5) is 0 Å². The number of amides is 7.